The first-order valence-corrected chi connectivity index (χ1v) is 8.47. The zero-order chi connectivity index (χ0) is 19.2. The Labute approximate surface area is 155 Å². The lowest BCUT2D eigenvalue weighted by atomic mass is 10.1. The van der Waals surface area contributed by atoms with Gasteiger partial charge in [0.05, 0.1) is 17.5 Å². The Morgan fingerprint density at radius 3 is 2.56 bits per heavy atom. The van der Waals surface area contributed by atoms with Crippen LogP contribution in [0.25, 0.3) is 10.8 Å². The van der Waals surface area contributed by atoms with Crippen molar-refractivity contribution < 1.29 is 9.59 Å². The minimum Gasteiger partial charge on any atom is -0.350 e. The largest absolute Gasteiger partial charge is 0.350 e. The predicted octanol–water partition coefficient (Wildman–Crippen LogP) is 0.682. The lowest BCUT2D eigenvalue weighted by molar-refractivity contribution is -0.128. The SMILES string of the molecule is C[C@H](NC(=O)Cc1n[nH]c(=O)c2ccccc12)C(=O)NCc1ccncc1. The van der Waals surface area contributed by atoms with Crippen molar-refractivity contribution in [2.45, 2.75) is 25.9 Å². The summed E-state index contributed by atoms with van der Waals surface area (Å²) in [6.07, 6.45) is 3.25. The summed E-state index contributed by atoms with van der Waals surface area (Å²) in [5.74, 6) is -0.647. The number of hydrogen-bond acceptors (Lipinski definition) is 5. The van der Waals surface area contributed by atoms with Crippen LogP contribution in [0.4, 0.5) is 0 Å². The van der Waals surface area contributed by atoms with Crippen molar-refractivity contribution >= 4 is 22.6 Å². The summed E-state index contributed by atoms with van der Waals surface area (Å²) in [5, 5.41) is 12.9. The molecule has 2 heterocycles. The predicted molar refractivity (Wildman–Crippen MR) is 99.8 cm³/mol. The summed E-state index contributed by atoms with van der Waals surface area (Å²) >= 11 is 0. The van der Waals surface area contributed by atoms with E-state index in [4.69, 9.17) is 0 Å². The summed E-state index contributed by atoms with van der Waals surface area (Å²) in [6, 6.07) is 9.84. The van der Waals surface area contributed by atoms with Gasteiger partial charge in [0.25, 0.3) is 5.56 Å². The van der Waals surface area contributed by atoms with E-state index in [9.17, 15) is 14.4 Å². The molecule has 0 bridgehead atoms. The average Bonchev–Trinajstić information content (AvgIpc) is 2.69. The number of fused-ring (bicyclic) bond motifs is 1. The number of H-pyrrole nitrogens is 1. The molecule has 3 N–H and O–H groups in total. The van der Waals surface area contributed by atoms with Crippen molar-refractivity contribution in [3.8, 4) is 0 Å². The van der Waals surface area contributed by atoms with Crippen molar-refractivity contribution in [3.05, 3.63) is 70.4 Å². The highest BCUT2D eigenvalue weighted by Gasteiger charge is 2.17. The van der Waals surface area contributed by atoms with Crippen LogP contribution in [0.3, 0.4) is 0 Å². The normalized spacial score (nSPS) is 11.7. The van der Waals surface area contributed by atoms with Crippen LogP contribution < -0.4 is 16.2 Å². The monoisotopic (exact) mass is 365 g/mol. The maximum absolute atomic E-state index is 12.3. The molecule has 0 saturated heterocycles. The minimum atomic E-state index is -0.701. The first kappa shape index (κ1) is 18.2. The van der Waals surface area contributed by atoms with Gasteiger partial charge in [-0.1, -0.05) is 18.2 Å². The second-order valence-electron chi connectivity index (χ2n) is 6.08. The van der Waals surface area contributed by atoms with Gasteiger partial charge >= 0.3 is 0 Å². The van der Waals surface area contributed by atoms with Crippen molar-refractivity contribution in [1.82, 2.24) is 25.8 Å². The van der Waals surface area contributed by atoms with E-state index >= 15 is 0 Å². The smallest absolute Gasteiger partial charge is 0.272 e. The molecule has 138 valence electrons. The molecular formula is C19H19N5O3. The highest BCUT2D eigenvalue weighted by molar-refractivity contribution is 5.91. The second kappa shape index (κ2) is 8.22. The maximum atomic E-state index is 12.3. The lowest BCUT2D eigenvalue weighted by Gasteiger charge is -2.14. The number of pyridine rings is 1. The van der Waals surface area contributed by atoms with E-state index in [0.717, 1.165) is 5.56 Å². The molecule has 0 saturated carbocycles. The van der Waals surface area contributed by atoms with Crippen LogP contribution in [-0.2, 0) is 22.6 Å². The first-order chi connectivity index (χ1) is 13.0. The maximum Gasteiger partial charge on any atom is 0.272 e. The minimum absolute atomic E-state index is 0.0424. The van der Waals surface area contributed by atoms with E-state index in [0.29, 0.717) is 23.0 Å². The van der Waals surface area contributed by atoms with E-state index in [1.165, 1.54) is 0 Å². The highest BCUT2D eigenvalue weighted by Crippen LogP contribution is 2.12. The standard InChI is InChI=1S/C19H19N5O3/c1-12(18(26)21-11-13-6-8-20-9-7-13)22-17(25)10-16-14-4-2-3-5-15(14)19(27)24-23-16/h2-9,12H,10-11H2,1H3,(H,21,26)(H,22,25)(H,24,27)/t12-/m0/s1. The fourth-order valence-corrected chi connectivity index (χ4v) is 2.66. The van der Waals surface area contributed by atoms with Gasteiger partial charge in [0.2, 0.25) is 11.8 Å². The van der Waals surface area contributed by atoms with Crippen LogP contribution in [0, 0.1) is 0 Å². The molecule has 0 aliphatic rings. The molecule has 0 aliphatic carbocycles. The number of benzene rings is 1. The summed E-state index contributed by atoms with van der Waals surface area (Å²) in [6.45, 7) is 1.96. The molecule has 1 atom stereocenters. The lowest BCUT2D eigenvalue weighted by Crippen LogP contribution is -2.45. The van der Waals surface area contributed by atoms with Crippen LogP contribution in [-0.4, -0.2) is 33.0 Å². The topological polar surface area (TPSA) is 117 Å². The number of rotatable bonds is 6. The number of carbonyl (C=O) groups is 2. The Kier molecular flexibility index (Phi) is 5.55. The molecule has 3 aromatic rings. The fourth-order valence-electron chi connectivity index (χ4n) is 2.66. The zero-order valence-corrected chi connectivity index (χ0v) is 14.7. The molecule has 27 heavy (non-hydrogen) atoms. The number of aromatic amines is 1. The van der Waals surface area contributed by atoms with Crippen molar-refractivity contribution in [3.63, 3.8) is 0 Å². The zero-order valence-electron chi connectivity index (χ0n) is 14.7. The number of amides is 2. The Hall–Kier alpha value is -3.55. The molecule has 0 aliphatic heterocycles. The van der Waals surface area contributed by atoms with Crippen molar-refractivity contribution in [2.24, 2.45) is 0 Å². The Balaban J connectivity index is 1.60. The first-order valence-electron chi connectivity index (χ1n) is 8.47. The Bertz CT molecular complexity index is 1020. The Morgan fingerprint density at radius 1 is 1.11 bits per heavy atom. The molecule has 1 aromatic carbocycles. The van der Waals surface area contributed by atoms with E-state index < -0.39 is 6.04 Å². The van der Waals surface area contributed by atoms with Gasteiger partial charge in [-0.25, -0.2) is 5.10 Å². The quantitative estimate of drug-likeness (QED) is 0.594. The molecule has 2 amide bonds. The summed E-state index contributed by atoms with van der Waals surface area (Å²) in [7, 11) is 0. The van der Waals surface area contributed by atoms with Gasteiger partial charge in [-0.05, 0) is 30.7 Å². The van der Waals surface area contributed by atoms with Gasteiger partial charge in [0, 0.05) is 24.3 Å². The van der Waals surface area contributed by atoms with Crippen molar-refractivity contribution in [2.75, 3.05) is 0 Å². The third-order valence-electron chi connectivity index (χ3n) is 4.09. The number of aromatic nitrogens is 3. The third kappa shape index (κ3) is 4.55. The number of hydrogen-bond donors (Lipinski definition) is 3. The molecular weight excluding hydrogens is 346 g/mol. The van der Waals surface area contributed by atoms with Gasteiger partial charge in [0.15, 0.2) is 0 Å². The molecule has 3 rings (SSSR count). The van der Waals surface area contributed by atoms with Gasteiger partial charge in [-0.2, -0.15) is 5.10 Å². The molecule has 8 nitrogen and oxygen atoms in total. The summed E-state index contributed by atoms with van der Waals surface area (Å²) < 4.78 is 0. The third-order valence-corrected chi connectivity index (χ3v) is 4.09. The van der Waals surface area contributed by atoms with E-state index in [2.05, 4.69) is 25.8 Å². The molecule has 8 heteroatoms. The van der Waals surface area contributed by atoms with E-state index in [-0.39, 0.29) is 23.8 Å². The summed E-state index contributed by atoms with van der Waals surface area (Å²) in [5.41, 5.74) is 1.06. The van der Waals surface area contributed by atoms with Crippen molar-refractivity contribution in [1.29, 1.82) is 0 Å². The molecule has 2 aromatic heterocycles. The molecule has 0 spiro atoms. The van der Waals surface area contributed by atoms with Gasteiger partial charge in [0.1, 0.15) is 6.04 Å². The van der Waals surface area contributed by atoms with Gasteiger partial charge in [-0.3, -0.25) is 19.4 Å². The summed E-state index contributed by atoms with van der Waals surface area (Å²) in [4.78, 5) is 40.2. The van der Waals surface area contributed by atoms with Crippen LogP contribution in [0.5, 0.6) is 0 Å². The number of nitrogens with zero attached hydrogens (tertiary/aromatic N) is 2. The molecule has 0 unspecified atom stereocenters. The van der Waals surface area contributed by atoms with E-state index in [1.54, 1.807) is 55.7 Å². The van der Waals surface area contributed by atoms with E-state index in [1.807, 2.05) is 0 Å². The van der Waals surface area contributed by atoms with Crippen LogP contribution in [0.2, 0.25) is 0 Å². The van der Waals surface area contributed by atoms with Gasteiger partial charge in [-0.15, -0.1) is 0 Å². The molecule has 0 fully saturated rings. The second-order valence-corrected chi connectivity index (χ2v) is 6.08. The average molecular weight is 365 g/mol. The number of nitrogens with one attached hydrogen (secondary N) is 3. The number of carbonyl (C=O) groups excluding carboxylic acids is 2. The Morgan fingerprint density at radius 2 is 1.81 bits per heavy atom. The van der Waals surface area contributed by atoms with Crippen LogP contribution in [0.1, 0.15) is 18.2 Å². The van der Waals surface area contributed by atoms with Crippen LogP contribution >= 0.6 is 0 Å². The fraction of sp³-hybridized carbons (Fsp3) is 0.211. The molecule has 0 radical (unpaired) electrons. The van der Waals surface area contributed by atoms with Gasteiger partial charge < -0.3 is 10.6 Å². The van der Waals surface area contributed by atoms with Crippen LogP contribution in [0.15, 0.2) is 53.6 Å². The highest BCUT2D eigenvalue weighted by atomic mass is 16.2.